The Morgan fingerprint density at radius 1 is 0.356 bits per heavy atom. The molecule has 20 rings (SSSR count). The second kappa shape index (κ2) is 65.7. The Morgan fingerprint density at radius 3 is 0.890 bits per heavy atom. The zero-order valence-electron chi connectivity index (χ0n) is 82.6. The fraction of sp³-hybridized carbons (Fsp3) is 0.113. The summed E-state index contributed by atoms with van der Waals surface area (Å²) in [6.45, 7) is 10.4. The van der Waals surface area contributed by atoms with Crippen LogP contribution in [0.4, 0.5) is 11.6 Å². The molecule has 0 amide bonds. The number of aromatic carboxylic acids is 1. The SMILES string of the molecule is CC(C)N(C)c1nc2cc(C(=O)O)ccc2nc1-c1ccc2c(c1)OCCO2.COC(=O)c1ccc2nc(Cl)c(N(C)C(C)C)nc2c1.O=[PH]=O.O[B]Oc1ccc2c(c1)OCCO2.[K].[K].[K].[O]=[Pd]=[O].c1ccc(P(c2ccccc2)c2ccccc2)cc1.c1ccc(P(c2ccccc2)c2ccccc2)cc1.c1ccc(P(c2ccccc2)c2ccccc2)cc1.c1ccc(P(c2ccccc2)c2ccccc2)cc1. The number of anilines is 2. The van der Waals surface area contributed by atoms with E-state index in [1.54, 1.807) is 54.6 Å². The van der Waals surface area contributed by atoms with Gasteiger partial charge >= 0.3 is 52.8 Å². The van der Waals surface area contributed by atoms with E-state index >= 15 is 0 Å². The van der Waals surface area contributed by atoms with Crippen molar-refractivity contribution in [2.45, 2.75) is 39.8 Å². The van der Waals surface area contributed by atoms with Gasteiger partial charge in [0.05, 0.1) is 40.3 Å². The Balaban J connectivity index is 0.000000189. The van der Waals surface area contributed by atoms with E-state index < -0.39 is 69.9 Å². The molecular weight excluding hydrogens is 2110 g/mol. The van der Waals surface area contributed by atoms with E-state index in [2.05, 4.69) is 388 Å². The van der Waals surface area contributed by atoms with Crippen LogP contribution in [-0.4, -0.2) is 264 Å². The molecule has 0 fully saturated rings. The summed E-state index contributed by atoms with van der Waals surface area (Å²) in [4.78, 5) is 45.2. The standard InChI is InChI=1S/C21H21N3O4.4C18H15P.C14H16ClN3O2.C8H8BO4.3K.HO2P.2O.Pd/c1-12(2)24(3)20-19(13-5-7-17-18(11-13)28-9-8-27-17)22-15-6-4-14(21(25)26)10-16(15)23-20;4*1-4-10-16(11-5-1)19(17-12-6-2-7-13-17)18-14-8-3-9-15-18;1-8(2)18(3)13-12(15)16-10-6-5-9(14(19)20-4)7-11(10)17-13;10-9-13-6-1-2-7-8(5-6)12-4-3-11-7;;;;1-3-2;;;/h4-7,10-12H,8-9H2,1-3H3,(H,25,26);4*1-15H;5-8H,1-4H3;1-2,5,10H,3-4H2;;;;3H;;;. The van der Waals surface area contributed by atoms with Crippen molar-refractivity contribution in [1.82, 2.24) is 19.9 Å². The third-order valence-corrected chi connectivity index (χ3v) is 31.9. The number of hydrogen-bond donors (Lipinski definition) is 2. The number of benzene rings is 16. The summed E-state index contributed by atoms with van der Waals surface area (Å²) in [5.41, 5.74) is 4.64. The molecule has 20 nitrogen and oxygen atoms in total. The normalized spacial score (nSPS) is 10.9. The van der Waals surface area contributed by atoms with Crippen molar-refractivity contribution in [3.8, 4) is 40.0 Å². The number of aromatic nitrogens is 4. The van der Waals surface area contributed by atoms with Crippen LogP contribution in [0.15, 0.2) is 437 Å². The van der Waals surface area contributed by atoms with Crippen LogP contribution in [-0.2, 0) is 38.7 Å². The maximum atomic E-state index is 11.5. The predicted molar refractivity (Wildman–Crippen MR) is 601 cm³/mol. The number of carbonyl (C=O) groups excluding carboxylic acids is 1. The van der Waals surface area contributed by atoms with E-state index in [9.17, 15) is 14.7 Å². The van der Waals surface area contributed by atoms with Crippen LogP contribution in [0.5, 0.6) is 28.7 Å². The van der Waals surface area contributed by atoms with Crippen LogP contribution in [0.2, 0.25) is 5.15 Å². The largest absolute Gasteiger partial charge is 0.0622 e. The van der Waals surface area contributed by atoms with Crippen molar-refractivity contribution in [3.05, 3.63) is 453 Å². The molecule has 31 heteroatoms. The van der Waals surface area contributed by atoms with Gasteiger partial charge in [-0.25, -0.2) is 38.7 Å². The number of carbonyl (C=O) groups is 2. The van der Waals surface area contributed by atoms with Crippen molar-refractivity contribution in [2.75, 3.05) is 57.4 Å². The number of nitrogens with zero attached hydrogens (tertiary/aromatic N) is 6. The summed E-state index contributed by atoms with van der Waals surface area (Å²) in [7, 11) is 2.62. The van der Waals surface area contributed by atoms with Crippen LogP contribution in [0.1, 0.15) is 48.4 Å². The van der Waals surface area contributed by atoms with Gasteiger partial charge in [-0.1, -0.05) is 376 Å². The average Bonchev–Trinajstić information content (AvgIpc) is 0.771. The van der Waals surface area contributed by atoms with Gasteiger partial charge in [-0.05, 0) is 190 Å². The second-order valence-electron chi connectivity index (χ2n) is 31.7. The van der Waals surface area contributed by atoms with Gasteiger partial charge in [0.15, 0.2) is 39.8 Å². The average molecular weight is 2220 g/mol. The van der Waals surface area contributed by atoms with Crippen molar-refractivity contribution in [1.29, 1.82) is 0 Å². The number of fused-ring (bicyclic) bond motifs is 4. The fourth-order valence-electron chi connectivity index (χ4n) is 14.7. The van der Waals surface area contributed by atoms with Gasteiger partial charge in [0.1, 0.15) is 37.9 Å². The first kappa shape index (κ1) is 120. The molecule has 0 saturated heterocycles. The summed E-state index contributed by atoms with van der Waals surface area (Å²) in [6.07, 6.45) is 0. The summed E-state index contributed by atoms with van der Waals surface area (Å²) in [6, 6.07) is 150. The second-order valence-corrected chi connectivity index (χ2v) is 41.4. The summed E-state index contributed by atoms with van der Waals surface area (Å²) >= 11 is 4.61. The minimum Gasteiger partial charge on any atom is -0.0622 e. The maximum absolute atomic E-state index is 11.5. The van der Waals surface area contributed by atoms with Crippen molar-refractivity contribution < 1.29 is 82.0 Å². The number of ether oxygens (including phenoxy) is 5. The van der Waals surface area contributed by atoms with Crippen molar-refractivity contribution >= 4 is 323 Å². The first-order valence-corrected chi connectivity index (χ1v) is 53.4. The zero-order chi connectivity index (χ0) is 101. The molecule has 2 aliphatic heterocycles. The molecule has 0 atom stereocenters. The van der Waals surface area contributed by atoms with Gasteiger partial charge in [-0.2, -0.15) is 0 Å². The molecule has 18 aromatic rings. The molecule has 728 valence electrons. The van der Waals surface area contributed by atoms with E-state index in [-0.39, 0.29) is 172 Å². The van der Waals surface area contributed by atoms with Crippen molar-refractivity contribution in [3.63, 3.8) is 0 Å². The maximum Gasteiger partial charge on any atom is -0.0134 e. The molecule has 16 aromatic carbocycles. The van der Waals surface area contributed by atoms with E-state index in [1.807, 2.05) is 55.9 Å². The number of carboxylic acid groups (broad SMARTS) is 1. The Kier molecular flexibility index (Phi) is 54.2. The monoisotopic (exact) mass is 2220 g/mol. The van der Waals surface area contributed by atoms with Crippen LogP contribution < -0.4 is 97.1 Å². The smallest absolute Gasteiger partial charge is 0.0134 e. The molecule has 2 aromatic heterocycles. The number of hydrogen-bond acceptors (Lipinski definition) is 19. The van der Waals surface area contributed by atoms with Gasteiger partial charge in [0.2, 0.25) is 0 Å². The van der Waals surface area contributed by atoms with E-state index in [0.29, 0.717) is 113 Å². The quantitative estimate of drug-likeness (QED) is 0.0385. The molecule has 0 spiro atoms. The van der Waals surface area contributed by atoms with Crippen LogP contribution in [0.25, 0.3) is 33.3 Å². The van der Waals surface area contributed by atoms with Gasteiger partial charge in [-0.3, -0.25) is 0 Å². The van der Waals surface area contributed by atoms with Crippen molar-refractivity contribution in [2.24, 2.45) is 0 Å². The molecule has 4 heterocycles. The summed E-state index contributed by atoms with van der Waals surface area (Å²) < 4.78 is 65.1. The Bertz CT molecular complexity index is 6210. The summed E-state index contributed by atoms with van der Waals surface area (Å²) in [5.74, 6) is 3.16. The predicted octanol–water partition coefficient (Wildman–Crippen LogP) is 19.6. The zero-order valence-corrected chi connectivity index (χ0v) is 98.8. The van der Waals surface area contributed by atoms with E-state index in [4.69, 9.17) is 71.0 Å². The molecule has 2 N–H and O–H groups in total. The van der Waals surface area contributed by atoms with Gasteiger partial charge in [0, 0.05) is 192 Å². The molecule has 4 radical (unpaired) electrons. The molecule has 0 bridgehead atoms. The number of carboxylic acids is 1. The van der Waals surface area contributed by atoms with Gasteiger partial charge < -0.3 is 48.3 Å². The van der Waals surface area contributed by atoms with Crippen LogP contribution in [0, 0.1) is 0 Å². The minimum absolute atomic E-state index is 0. The van der Waals surface area contributed by atoms with Gasteiger partial charge in [-0.15, -0.1) is 0 Å². The minimum atomic E-state index is -1.55. The number of esters is 1. The molecule has 0 aliphatic carbocycles. The third-order valence-electron chi connectivity index (χ3n) is 21.8. The number of rotatable bonds is 21. The van der Waals surface area contributed by atoms with E-state index in [1.165, 1.54) is 70.8 Å². The molecule has 2 aliphatic rings. The molecular formula is C115H106BClK3N6O14P5Pd. The first-order valence-electron chi connectivity index (χ1n) is 45.5. The number of methoxy groups -OCH3 is 1. The topological polar surface area (TPSA) is 256 Å². The Labute approximate surface area is 1000 Å². The van der Waals surface area contributed by atoms with Crippen LogP contribution in [0.3, 0.4) is 0 Å². The van der Waals surface area contributed by atoms with Gasteiger partial charge in [0.25, 0.3) is 0 Å². The fourth-order valence-corrected chi connectivity index (χ4v) is 24.1. The Hall–Kier alpha value is -9.15. The van der Waals surface area contributed by atoms with E-state index in [0.717, 1.165) is 5.56 Å². The first-order chi connectivity index (χ1) is 69.9. The van der Waals surface area contributed by atoms with Crippen LogP contribution >= 0.6 is 51.6 Å². The number of halogens is 1. The molecule has 0 saturated carbocycles. The summed E-state index contributed by atoms with van der Waals surface area (Å²) in [5, 5.41) is 34.8. The molecule has 146 heavy (non-hydrogen) atoms. The Morgan fingerprint density at radius 2 is 0.610 bits per heavy atom. The third kappa shape index (κ3) is 36.3. The molecule has 0 unspecified atom stereocenters.